The van der Waals surface area contributed by atoms with E-state index in [0.717, 1.165) is 26.0 Å². The predicted molar refractivity (Wildman–Crippen MR) is 124 cm³/mol. The monoisotopic (exact) mass is 445 g/mol. The lowest BCUT2D eigenvalue weighted by molar-refractivity contribution is -0.117. The number of nitrogens with one attached hydrogen (secondary N) is 1. The number of nitrogens with zero attached hydrogens (tertiary/aromatic N) is 4. The molecule has 5 rings (SSSR count). The Bertz CT molecular complexity index is 1510. The molecule has 160 valence electrons. The van der Waals surface area contributed by atoms with Crippen LogP contribution in [0, 0.1) is 6.92 Å². The van der Waals surface area contributed by atoms with Crippen molar-refractivity contribution in [3.63, 3.8) is 0 Å². The van der Waals surface area contributed by atoms with Crippen LogP contribution >= 0.6 is 11.3 Å². The molecule has 2 aromatic carbocycles. The van der Waals surface area contributed by atoms with Gasteiger partial charge in [0.15, 0.2) is 5.65 Å². The fourth-order valence-corrected chi connectivity index (χ4v) is 4.51. The van der Waals surface area contributed by atoms with Crippen LogP contribution in [0.25, 0.3) is 27.0 Å². The normalized spacial score (nSPS) is 11.2. The summed E-state index contributed by atoms with van der Waals surface area (Å²) in [7, 11) is 1.56. The van der Waals surface area contributed by atoms with Gasteiger partial charge in [0, 0.05) is 22.7 Å². The molecular formula is C23H19N5O3S. The van der Waals surface area contributed by atoms with Crippen molar-refractivity contribution in [1.29, 1.82) is 0 Å². The van der Waals surface area contributed by atoms with Gasteiger partial charge in [-0.2, -0.15) is 0 Å². The van der Waals surface area contributed by atoms with Gasteiger partial charge in [0.05, 0.1) is 17.3 Å². The minimum absolute atomic E-state index is 0.213. The quantitative estimate of drug-likeness (QED) is 0.445. The van der Waals surface area contributed by atoms with E-state index in [1.807, 2.05) is 12.3 Å². The molecule has 0 aliphatic heterocycles. The first-order valence-corrected chi connectivity index (χ1v) is 10.8. The number of methoxy groups -OCH3 is 1. The molecule has 5 aromatic rings. The van der Waals surface area contributed by atoms with Gasteiger partial charge in [0.2, 0.25) is 5.91 Å². The van der Waals surface area contributed by atoms with Crippen LogP contribution in [0.4, 0.5) is 5.69 Å². The summed E-state index contributed by atoms with van der Waals surface area (Å²) in [5.74, 6) is 0.266. The van der Waals surface area contributed by atoms with Gasteiger partial charge in [-0.15, -0.1) is 16.4 Å². The summed E-state index contributed by atoms with van der Waals surface area (Å²) in [4.78, 5) is 29.8. The van der Waals surface area contributed by atoms with E-state index in [-0.39, 0.29) is 12.5 Å². The molecule has 1 amide bonds. The third kappa shape index (κ3) is 3.52. The first-order chi connectivity index (χ1) is 15.5. The van der Waals surface area contributed by atoms with Gasteiger partial charge in [-0.25, -0.2) is 18.9 Å². The number of benzene rings is 2. The zero-order valence-electron chi connectivity index (χ0n) is 17.4. The second-order valence-corrected chi connectivity index (χ2v) is 8.23. The summed E-state index contributed by atoms with van der Waals surface area (Å²) in [6, 6.07) is 15.2. The highest BCUT2D eigenvalue weighted by Gasteiger charge is 2.17. The van der Waals surface area contributed by atoms with Crippen LogP contribution in [0.3, 0.4) is 0 Å². The van der Waals surface area contributed by atoms with E-state index >= 15 is 0 Å². The number of rotatable bonds is 5. The Kier molecular flexibility index (Phi) is 4.95. The fourth-order valence-electron chi connectivity index (χ4n) is 3.51. The molecule has 0 saturated carbocycles. The van der Waals surface area contributed by atoms with Crippen molar-refractivity contribution in [2.75, 3.05) is 12.4 Å². The molecular weight excluding hydrogens is 426 g/mol. The first-order valence-electron chi connectivity index (χ1n) is 9.90. The van der Waals surface area contributed by atoms with Crippen LogP contribution in [-0.2, 0) is 11.3 Å². The number of fused-ring (bicyclic) bond motifs is 3. The third-order valence-electron chi connectivity index (χ3n) is 5.15. The Labute approximate surface area is 186 Å². The summed E-state index contributed by atoms with van der Waals surface area (Å²) in [5.41, 5.74) is 4.66. The van der Waals surface area contributed by atoms with Crippen LogP contribution in [0.5, 0.6) is 5.75 Å². The number of carbonyl (C=O) groups excluding carboxylic acids is 1. The first kappa shape index (κ1) is 20.0. The lowest BCUT2D eigenvalue weighted by atomic mass is 10.1. The second kappa shape index (κ2) is 7.93. The average Bonchev–Trinajstić information content (AvgIpc) is 3.36. The van der Waals surface area contributed by atoms with Gasteiger partial charge in [-0.05, 0) is 24.6 Å². The lowest BCUT2D eigenvalue weighted by Gasteiger charge is -2.06. The summed E-state index contributed by atoms with van der Waals surface area (Å²) in [5, 5.41) is 9.21. The molecule has 1 N–H and O–H groups in total. The molecule has 0 aliphatic rings. The maximum absolute atomic E-state index is 12.8. The summed E-state index contributed by atoms with van der Waals surface area (Å²) >= 11 is 1.48. The number of hydrogen-bond donors (Lipinski definition) is 1. The van der Waals surface area contributed by atoms with Gasteiger partial charge >= 0.3 is 5.69 Å². The molecule has 32 heavy (non-hydrogen) atoms. The van der Waals surface area contributed by atoms with Crippen LogP contribution in [0.1, 0.15) is 5.56 Å². The van der Waals surface area contributed by atoms with Crippen LogP contribution < -0.4 is 15.7 Å². The van der Waals surface area contributed by atoms with E-state index in [4.69, 9.17) is 4.74 Å². The molecule has 0 atom stereocenters. The molecule has 0 aliphatic carbocycles. The van der Waals surface area contributed by atoms with Gasteiger partial charge in [-0.1, -0.05) is 35.9 Å². The highest BCUT2D eigenvalue weighted by Crippen LogP contribution is 2.34. The third-order valence-corrected chi connectivity index (χ3v) is 6.12. The SMILES string of the molecule is COc1cccc(NC(=O)Cn2nc3c4scc(-c5ccc(C)cc5)c4ncn3c2=O)c1. The Balaban J connectivity index is 1.47. The highest BCUT2D eigenvalue weighted by atomic mass is 32.1. The zero-order chi connectivity index (χ0) is 22.2. The van der Waals surface area contributed by atoms with Crippen molar-refractivity contribution in [2.45, 2.75) is 13.5 Å². The van der Waals surface area contributed by atoms with Crippen molar-refractivity contribution >= 4 is 38.8 Å². The van der Waals surface area contributed by atoms with Crippen molar-refractivity contribution < 1.29 is 9.53 Å². The molecule has 8 nitrogen and oxygen atoms in total. The largest absolute Gasteiger partial charge is 0.497 e. The van der Waals surface area contributed by atoms with E-state index in [1.54, 1.807) is 31.4 Å². The fraction of sp³-hybridized carbons (Fsp3) is 0.130. The number of amides is 1. The minimum atomic E-state index is -0.416. The summed E-state index contributed by atoms with van der Waals surface area (Å²) in [6.07, 6.45) is 1.47. The number of aryl methyl sites for hydroxylation is 1. The Morgan fingerprint density at radius 3 is 2.78 bits per heavy atom. The van der Waals surface area contributed by atoms with E-state index in [9.17, 15) is 9.59 Å². The van der Waals surface area contributed by atoms with Gasteiger partial charge in [-0.3, -0.25) is 4.79 Å². The molecule has 0 spiro atoms. The van der Waals surface area contributed by atoms with Gasteiger partial charge in [0.25, 0.3) is 0 Å². The molecule has 0 saturated heterocycles. The maximum Gasteiger partial charge on any atom is 0.352 e. The lowest BCUT2D eigenvalue weighted by Crippen LogP contribution is -2.28. The Morgan fingerprint density at radius 2 is 2.00 bits per heavy atom. The molecule has 0 radical (unpaired) electrons. The number of aromatic nitrogens is 4. The number of anilines is 1. The number of ether oxygens (including phenoxy) is 1. The maximum atomic E-state index is 12.8. The summed E-state index contributed by atoms with van der Waals surface area (Å²) in [6.45, 7) is 1.83. The Morgan fingerprint density at radius 1 is 1.19 bits per heavy atom. The topological polar surface area (TPSA) is 90.5 Å². The minimum Gasteiger partial charge on any atom is -0.497 e. The van der Waals surface area contributed by atoms with Crippen molar-refractivity contribution in [3.8, 4) is 16.9 Å². The molecule has 3 aromatic heterocycles. The molecule has 0 unspecified atom stereocenters. The second-order valence-electron chi connectivity index (χ2n) is 7.35. The van der Waals surface area contributed by atoms with Gasteiger partial charge in [0.1, 0.15) is 18.6 Å². The van der Waals surface area contributed by atoms with Crippen LogP contribution in [0.2, 0.25) is 0 Å². The standard InChI is InChI=1S/C23H19N5O3S/c1-14-6-8-15(9-7-14)18-12-32-21-20(18)24-13-27-22(21)26-28(23(27)30)11-19(29)25-16-4-3-5-17(10-16)31-2/h3-10,12-13H,11H2,1-2H3,(H,25,29). The number of hydrogen-bond acceptors (Lipinski definition) is 6. The number of carbonyl (C=O) groups is 1. The van der Waals surface area contributed by atoms with Crippen LogP contribution in [-0.4, -0.2) is 32.2 Å². The van der Waals surface area contributed by atoms with Gasteiger partial charge < -0.3 is 10.1 Å². The van der Waals surface area contributed by atoms with E-state index in [2.05, 4.69) is 39.7 Å². The molecule has 3 heterocycles. The van der Waals surface area contributed by atoms with E-state index < -0.39 is 5.69 Å². The van der Waals surface area contributed by atoms with Crippen molar-refractivity contribution in [1.82, 2.24) is 19.2 Å². The van der Waals surface area contributed by atoms with E-state index in [0.29, 0.717) is 17.1 Å². The van der Waals surface area contributed by atoms with Crippen molar-refractivity contribution in [3.05, 3.63) is 76.3 Å². The smallest absolute Gasteiger partial charge is 0.352 e. The molecule has 0 bridgehead atoms. The highest BCUT2D eigenvalue weighted by molar-refractivity contribution is 7.18. The van der Waals surface area contributed by atoms with Crippen molar-refractivity contribution in [2.24, 2.45) is 0 Å². The zero-order valence-corrected chi connectivity index (χ0v) is 18.2. The molecule has 9 heteroatoms. The summed E-state index contributed by atoms with van der Waals surface area (Å²) < 4.78 is 8.49. The van der Waals surface area contributed by atoms with Crippen LogP contribution in [0.15, 0.2) is 65.0 Å². The average molecular weight is 446 g/mol. The number of thiophene rings is 1. The Hall–Kier alpha value is -3.98. The van der Waals surface area contributed by atoms with E-state index in [1.165, 1.54) is 27.6 Å². The predicted octanol–water partition coefficient (Wildman–Crippen LogP) is 3.73. The molecule has 0 fully saturated rings.